The second-order valence-corrected chi connectivity index (χ2v) is 19.7. The number of carbonyl (C=O) groups is 3. The Bertz CT molecular complexity index is 1370. The number of Topliss-reactive ketones (excluding diaryl/α,β-unsaturated/α-hetero) is 1. The molecule has 0 aromatic carbocycles. The summed E-state index contributed by atoms with van der Waals surface area (Å²) in [5.74, 6) is -1.71. The number of quaternary nitrogens is 1. The van der Waals surface area contributed by atoms with Crippen LogP contribution in [0.4, 0.5) is 0 Å². The number of hydrogen-bond donors (Lipinski definition) is 3. The molecule has 1 aliphatic rings. The first kappa shape index (κ1) is 58.6. The van der Waals surface area contributed by atoms with Crippen molar-refractivity contribution < 1.29 is 57.1 Å². The number of esters is 2. The van der Waals surface area contributed by atoms with E-state index in [1.807, 2.05) is 33.3 Å². The van der Waals surface area contributed by atoms with Gasteiger partial charge in [-0.25, -0.2) is 4.57 Å². The Morgan fingerprint density at radius 2 is 1.32 bits per heavy atom. The minimum absolute atomic E-state index is 0.00107. The molecular weight excluding hydrogens is 822 g/mol. The number of phosphoric ester groups is 1. The van der Waals surface area contributed by atoms with Crippen molar-refractivity contribution in [3.63, 3.8) is 0 Å². The van der Waals surface area contributed by atoms with Crippen LogP contribution in [-0.2, 0) is 37.5 Å². The molecule has 0 aliphatic heterocycles. The third-order valence-electron chi connectivity index (χ3n) is 11.2. The Hall–Kier alpha value is -2.44. The number of aliphatic hydroxyl groups excluding tert-OH is 2. The lowest BCUT2D eigenvalue weighted by Crippen LogP contribution is -2.37. The summed E-state index contributed by atoms with van der Waals surface area (Å²) in [6, 6.07) is 0. The molecule has 1 rings (SSSR count). The molecule has 364 valence electrons. The molecule has 13 heteroatoms. The Morgan fingerprint density at radius 1 is 0.746 bits per heavy atom. The van der Waals surface area contributed by atoms with E-state index in [9.17, 15) is 34.1 Å². The van der Waals surface area contributed by atoms with Crippen molar-refractivity contribution in [3.05, 3.63) is 48.6 Å². The Balaban J connectivity index is 2.44. The van der Waals surface area contributed by atoms with Crippen LogP contribution in [0.15, 0.2) is 48.6 Å². The fourth-order valence-electron chi connectivity index (χ4n) is 7.26. The zero-order valence-electron chi connectivity index (χ0n) is 40.0. The van der Waals surface area contributed by atoms with Gasteiger partial charge in [-0.05, 0) is 64.2 Å². The molecule has 6 atom stereocenters. The number of unbranched alkanes of at least 4 members (excludes halogenated alkanes) is 15. The van der Waals surface area contributed by atoms with Crippen LogP contribution in [0, 0.1) is 11.8 Å². The summed E-state index contributed by atoms with van der Waals surface area (Å²) in [6.07, 6.45) is 36.6. The molecule has 0 saturated heterocycles. The van der Waals surface area contributed by atoms with E-state index in [-0.39, 0.29) is 50.1 Å². The van der Waals surface area contributed by atoms with Gasteiger partial charge >= 0.3 is 19.8 Å². The van der Waals surface area contributed by atoms with Crippen LogP contribution >= 0.6 is 7.82 Å². The van der Waals surface area contributed by atoms with Crippen molar-refractivity contribution >= 4 is 25.5 Å². The van der Waals surface area contributed by atoms with Gasteiger partial charge in [-0.1, -0.05) is 140 Å². The van der Waals surface area contributed by atoms with E-state index >= 15 is 0 Å². The topological polar surface area (TPSA) is 166 Å². The molecule has 1 fully saturated rings. The van der Waals surface area contributed by atoms with Gasteiger partial charge in [0, 0.05) is 31.1 Å². The second-order valence-electron chi connectivity index (χ2n) is 18.3. The van der Waals surface area contributed by atoms with Crippen molar-refractivity contribution in [1.82, 2.24) is 0 Å². The molecule has 0 amide bonds. The van der Waals surface area contributed by atoms with E-state index in [4.69, 9.17) is 18.5 Å². The molecule has 12 nitrogen and oxygen atoms in total. The van der Waals surface area contributed by atoms with Crippen LogP contribution in [0.5, 0.6) is 0 Å². The number of phosphoric acid groups is 1. The van der Waals surface area contributed by atoms with Crippen LogP contribution in [0.25, 0.3) is 0 Å². The number of likely N-dealkylation sites (N-methyl/N-ethyl adjacent to an activating group) is 1. The first-order valence-corrected chi connectivity index (χ1v) is 26.0. The average Bonchev–Trinajstić information content (AvgIpc) is 3.50. The average molecular weight is 911 g/mol. The number of hydrogen-bond acceptors (Lipinski definition) is 10. The lowest BCUT2D eigenvalue weighted by atomic mass is 9.90. The molecule has 0 radical (unpaired) electrons. The summed E-state index contributed by atoms with van der Waals surface area (Å²) >= 11 is 0. The van der Waals surface area contributed by atoms with Crippen molar-refractivity contribution in [2.75, 3.05) is 47.5 Å². The van der Waals surface area contributed by atoms with Gasteiger partial charge in [0.05, 0.1) is 40.0 Å². The van der Waals surface area contributed by atoms with Gasteiger partial charge in [0.1, 0.15) is 25.5 Å². The maximum absolute atomic E-state index is 12.8. The van der Waals surface area contributed by atoms with Crippen LogP contribution < -0.4 is 0 Å². The number of ether oxygens (including phenoxy) is 2. The smallest absolute Gasteiger partial charge is 0.462 e. The quantitative estimate of drug-likeness (QED) is 0.0176. The number of ketones is 1. The van der Waals surface area contributed by atoms with Gasteiger partial charge in [0.15, 0.2) is 6.10 Å². The lowest BCUT2D eigenvalue weighted by molar-refractivity contribution is -0.870. The van der Waals surface area contributed by atoms with Gasteiger partial charge in [-0.3, -0.25) is 23.4 Å². The van der Waals surface area contributed by atoms with Crippen molar-refractivity contribution in [2.45, 2.75) is 193 Å². The molecule has 1 aliphatic carbocycles. The third kappa shape index (κ3) is 33.7. The highest BCUT2D eigenvalue weighted by molar-refractivity contribution is 7.47. The van der Waals surface area contributed by atoms with Crippen LogP contribution in [0.3, 0.4) is 0 Å². The van der Waals surface area contributed by atoms with Crippen molar-refractivity contribution in [2.24, 2.45) is 11.8 Å². The molecule has 0 bridgehead atoms. The van der Waals surface area contributed by atoms with E-state index < -0.39 is 44.7 Å². The highest BCUT2D eigenvalue weighted by Gasteiger charge is 2.39. The highest BCUT2D eigenvalue weighted by Crippen LogP contribution is 2.43. The predicted molar refractivity (Wildman–Crippen MR) is 253 cm³/mol. The molecule has 0 spiro atoms. The molecular formula is C50H89NO11P+. The van der Waals surface area contributed by atoms with Crippen LogP contribution in [0.1, 0.15) is 174 Å². The first-order valence-electron chi connectivity index (χ1n) is 24.5. The van der Waals surface area contributed by atoms with Gasteiger partial charge in [-0.2, -0.15) is 0 Å². The van der Waals surface area contributed by atoms with E-state index in [0.717, 1.165) is 51.4 Å². The van der Waals surface area contributed by atoms with E-state index in [1.165, 1.54) is 57.8 Å². The summed E-state index contributed by atoms with van der Waals surface area (Å²) < 4.78 is 34.3. The predicted octanol–water partition coefficient (Wildman–Crippen LogP) is 10.8. The third-order valence-corrected chi connectivity index (χ3v) is 12.2. The highest BCUT2D eigenvalue weighted by atomic mass is 31.2. The van der Waals surface area contributed by atoms with Gasteiger partial charge < -0.3 is 29.1 Å². The lowest BCUT2D eigenvalue weighted by Gasteiger charge is -2.24. The molecule has 0 heterocycles. The maximum Gasteiger partial charge on any atom is 0.472 e. The van der Waals surface area contributed by atoms with Gasteiger partial charge in [0.2, 0.25) is 0 Å². The van der Waals surface area contributed by atoms with Gasteiger partial charge in [-0.15, -0.1) is 0 Å². The zero-order chi connectivity index (χ0) is 46.6. The Morgan fingerprint density at radius 3 is 1.97 bits per heavy atom. The fourth-order valence-corrected chi connectivity index (χ4v) is 8.00. The fraction of sp³-hybridized carbons (Fsp3) is 0.780. The van der Waals surface area contributed by atoms with Crippen molar-refractivity contribution in [1.29, 1.82) is 0 Å². The number of allylic oxidation sites excluding steroid dienone is 6. The maximum atomic E-state index is 12.8. The molecule has 0 aromatic rings. The van der Waals surface area contributed by atoms with Gasteiger partial charge in [0.25, 0.3) is 0 Å². The standard InChI is InChI=1S/C50H88NO11P/c1-6-8-10-11-12-13-14-15-16-17-18-19-20-21-22-23-24-25-31-35-50(56)62-44(42-61-63(57,58)60-39-38-51(3,4)5)41-59-49(55)34-30-27-26-29-33-45-46(48(54)40-47(45)53)37-36-43(52)32-28-9-7-2/h12-13,15-16,26,29,36-37,43-46,48,52,54H,6-11,14,17-25,27-28,30-35,38-42H2,1-5H3/p+1/b13-12-,16-15-,29-26-,37-36+/t43-,44+,45+,46+,48+/m0/s1. The number of carbonyl (C=O) groups excluding carboxylic acids is 3. The second kappa shape index (κ2) is 36.7. The van der Waals surface area contributed by atoms with Crippen LogP contribution in [-0.4, -0.2) is 103 Å². The van der Waals surface area contributed by atoms with E-state index in [1.54, 1.807) is 12.2 Å². The number of nitrogens with zero attached hydrogens (tertiary/aromatic N) is 1. The molecule has 0 aromatic heterocycles. The van der Waals surface area contributed by atoms with Crippen molar-refractivity contribution in [3.8, 4) is 0 Å². The SMILES string of the molecule is CCCCC/C=C\C/C=C\CCCCCCCCCCCC(=O)O[C@H](COC(=O)CCC/C=C\C[C@H]1C(=O)C[C@@H](O)[C@@H]1/C=C/[C@@H](O)CCCCC)COP(=O)(O)OCC[N+](C)(C)C. The minimum atomic E-state index is -4.45. The number of rotatable bonds is 40. The zero-order valence-corrected chi connectivity index (χ0v) is 40.9. The van der Waals surface area contributed by atoms with E-state index in [2.05, 4.69) is 38.2 Å². The van der Waals surface area contributed by atoms with E-state index in [0.29, 0.717) is 43.1 Å². The summed E-state index contributed by atoms with van der Waals surface area (Å²) in [5.41, 5.74) is 0. The molecule has 1 saturated carbocycles. The molecule has 1 unspecified atom stereocenters. The minimum Gasteiger partial charge on any atom is -0.462 e. The Labute approximate surface area is 382 Å². The molecule has 63 heavy (non-hydrogen) atoms. The first-order chi connectivity index (χ1) is 30.2. The summed E-state index contributed by atoms with van der Waals surface area (Å²) in [4.78, 5) is 48.2. The largest absolute Gasteiger partial charge is 0.472 e. The summed E-state index contributed by atoms with van der Waals surface area (Å²) in [7, 11) is 1.32. The molecule has 3 N–H and O–H groups in total. The normalized spacial score (nSPS) is 19.2. The monoisotopic (exact) mass is 911 g/mol. The number of aliphatic hydroxyl groups is 2. The van der Waals surface area contributed by atoms with Crippen LogP contribution in [0.2, 0.25) is 0 Å². The summed E-state index contributed by atoms with van der Waals surface area (Å²) in [6.45, 7) is 3.98. The summed E-state index contributed by atoms with van der Waals surface area (Å²) in [5, 5.41) is 20.7. The Kier molecular flexibility index (Phi) is 34.2.